The fraction of sp³-hybridized carbons (Fsp3) is 0.0769. The molecule has 4 heteroatoms. The molecule has 5 aromatic rings. The quantitative estimate of drug-likeness (QED) is 0.348. The van der Waals surface area contributed by atoms with Crippen molar-refractivity contribution >= 4 is 44.9 Å². The summed E-state index contributed by atoms with van der Waals surface area (Å²) in [5, 5.41) is 5.20. The van der Waals surface area contributed by atoms with Gasteiger partial charge in [-0.3, -0.25) is 0 Å². The summed E-state index contributed by atoms with van der Waals surface area (Å²) in [5.74, 6) is 0. The fourth-order valence-corrected chi connectivity index (χ4v) is 9.02. The van der Waals surface area contributed by atoms with Gasteiger partial charge in [0.2, 0.25) is 0 Å². The number of hydrogen-bond donors (Lipinski definition) is 0. The van der Waals surface area contributed by atoms with E-state index in [4.69, 9.17) is 4.98 Å². The molecule has 0 bridgehead atoms. The summed E-state index contributed by atoms with van der Waals surface area (Å²) < 4.78 is 0. The largest absolute Gasteiger partial charge is 0.240 e. The summed E-state index contributed by atoms with van der Waals surface area (Å²) >= 11 is 1.67. The highest BCUT2D eigenvalue weighted by Gasteiger charge is 2.45. The maximum absolute atomic E-state index is 5.04. The second kappa shape index (κ2) is 8.10. The number of aryl methyl sites for hydroxylation is 1. The lowest BCUT2D eigenvalue weighted by Gasteiger charge is -2.27. The van der Waals surface area contributed by atoms with Crippen molar-refractivity contribution < 1.29 is 0 Å². The summed E-state index contributed by atoms with van der Waals surface area (Å²) in [7, 11) is -1.92. The number of rotatable bonds is 5. The normalized spacial score (nSPS) is 11.6. The standard InChI is InChI=1S/C26H22N2PS/c1-20-27-25-18-17-21(28-26(25)30-20)19-29(22-11-5-2-6-12-22,23-13-7-3-8-14-23)24-15-9-4-10-16-24/h2-18H,19H2,1H3/q+1. The van der Waals surface area contributed by atoms with Gasteiger partial charge in [0.05, 0.1) is 10.7 Å². The first kappa shape index (κ1) is 19.1. The third-order valence-corrected chi connectivity index (χ3v) is 10.6. The molecule has 0 amide bonds. The molecule has 0 radical (unpaired) electrons. The molecule has 2 nitrogen and oxygen atoms in total. The van der Waals surface area contributed by atoms with Gasteiger partial charge in [0.1, 0.15) is 39.7 Å². The van der Waals surface area contributed by atoms with Gasteiger partial charge in [0.25, 0.3) is 0 Å². The van der Waals surface area contributed by atoms with Gasteiger partial charge in [-0.05, 0) is 55.5 Å². The molecule has 2 aromatic heterocycles. The van der Waals surface area contributed by atoms with Crippen molar-refractivity contribution in [3.8, 4) is 0 Å². The molecular formula is C26H22N2PS+. The number of pyridine rings is 1. The predicted octanol–water partition coefficient (Wildman–Crippen LogP) is 5.49. The van der Waals surface area contributed by atoms with E-state index in [0.29, 0.717) is 0 Å². The Morgan fingerprint density at radius 1 is 0.633 bits per heavy atom. The Morgan fingerprint density at radius 2 is 1.13 bits per heavy atom. The maximum atomic E-state index is 5.04. The van der Waals surface area contributed by atoms with Crippen molar-refractivity contribution in [3.05, 3.63) is 114 Å². The third-order valence-electron chi connectivity index (χ3n) is 5.41. The van der Waals surface area contributed by atoms with Gasteiger partial charge >= 0.3 is 0 Å². The van der Waals surface area contributed by atoms with Gasteiger partial charge in [-0.1, -0.05) is 65.9 Å². The van der Waals surface area contributed by atoms with Crippen molar-refractivity contribution in [1.29, 1.82) is 0 Å². The zero-order chi connectivity index (χ0) is 20.4. The number of hydrogen-bond acceptors (Lipinski definition) is 3. The fourth-order valence-electron chi connectivity index (χ4n) is 4.06. The van der Waals surface area contributed by atoms with E-state index in [-0.39, 0.29) is 0 Å². The molecule has 2 heterocycles. The average Bonchev–Trinajstić information content (AvgIpc) is 3.18. The molecule has 0 fully saturated rings. The van der Waals surface area contributed by atoms with Gasteiger partial charge in [0, 0.05) is 0 Å². The van der Waals surface area contributed by atoms with Crippen LogP contribution in [0.5, 0.6) is 0 Å². The Bertz CT molecular complexity index is 1170. The van der Waals surface area contributed by atoms with Crippen molar-refractivity contribution in [1.82, 2.24) is 9.97 Å². The smallest absolute Gasteiger partial charge is 0.143 e. The lowest BCUT2D eigenvalue weighted by Crippen LogP contribution is -2.32. The number of fused-ring (bicyclic) bond motifs is 1. The van der Waals surface area contributed by atoms with E-state index >= 15 is 0 Å². The lowest BCUT2D eigenvalue weighted by molar-refractivity contribution is 1.21. The van der Waals surface area contributed by atoms with Crippen LogP contribution < -0.4 is 15.9 Å². The summed E-state index contributed by atoms with van der Waals surface area (Å²) in [6.45, 7) is 2.04. The van der Waals surface area contributed by atoms with Gasteiger partial charge in [0.15, 0.2) is 0 Å². The van der Waals surface area contributed by atoms with E-state index in [1.54, 1.807) is 11.3 Å². The molecule has 0 N–H and O–H groups in total. The van der Waals surface area contributed by atoms with E-state index in [1.165, 1.54) is 15.9 Å². The summed E-state index contributed by atoms with van der Waals surface area (Å²) in [5.41, 5.74) is 2.11. The number of nitrogens with zero attached hydrogens (tertiary/aromatic N) is 2. The Morgan fingerprint density at radius 3 is 1.63 bits per heavy atom. The number of thiazole rings is 1. The molecule has 0 aliphatic carbocycles. The average molecular weight is 426 g/mol. The van der Waals surface area contributed by atoms with Crippen LogP contribution in [0, 0.1) is 6.92 Å². The summed E-state index contributed by atoms with van der Waals surface area (Å²) in [4.78, 5) is 10.7. The molecule has 0 aliphatic rings. The Kier molecular flexibility index (Phi) is 5.16. The Labute approximate surface area is 181 Å². The van der Waals surface area contributed by atoms with E-state index in [0.717, 1.165) is 27.2 Å². The molecule has 30 heavy (non-hydrogen) atoms. The highest BCUT2D eigenvalue weighted by molar-refractivity contribution is 7.95. The van der Waals surface area contributed by atoms with E-state index < -0.39 is 7.26 Å². The second-order valence-corrected chi connectivity index (χ2v) is 12.0. The van der Waals surface area contributed by atoms with Crippen molar-refractivity contribution in [2.24, 2.45) is 0 Å². The summed E-state index contributed by atoms with van der Waals surface area (Å²) in [6, 6.07) is 37.2. The van der Waals surface area contributed by atoms with Gasteiger partial charge in [-0.2, -0.15) is 0 Å². The number of aromatic nitrogens is 2. The minimum atomic E-state index is -1.92. The first-order valence-corrected chi connectivity index (χ1v) is 12.8. The van der Waals surface area contributed by atoms with Crippen LogP contribution in [-0.4, -0.2) is 9.97 Å². The van der Waals surface area contributed by atoms with Gasteiger partial charge in [-0.15, -0.1) is 0 Å². The van der Waals surface area contributed by atoms with Crippen LogP contribution in [0.25, 0.3) is 10.3 Å². The zero-order valence-electron chi connectivity index (χ0n) is 16.8. The first-order chi connectivity index (χ1) is 14.8. The molecule has 5 rings (SSSR count). The molecule has 3 aromatic carbocycles. The zero-order valence-corrected chi connectivity index (χ0v) is 18.5. The van der Waals surface area contributed by atoms with Crippen LogP contribution in [0.3, 0.4) is 0 Å². The highest BCUT2D eigenvalue weighted by atomic mass is 32.1. The minimum Gasteiger partial charge on any atom is -0.240 e. The molecule has 0 saturated carbocycles. The predicted molar refractivity (Wildman–Crippen MR) is 131 cm³/mol. The topological polar surface area (TPSA) is 25.8 Å². The highest BCUT2D eigenvalue weighted by Crippen LogP contribution is 2.57. The van der Waals surface area contributed by atoms with E-state index in [2.05, 4.69) is 108 Å². The minimum absolute atomic E-state index is 0.887. The van der Waals surface area contributed by atoms with Crippen LogP contribution in [0.15, 0.2) is 103 Å². The van der Waals surface area contributed by atoms with E-state index in [9.17, 15) is 0 Å². The second-order valence-electron chi connectivity index (χ2n) is 7.33. The molecule has 146 valence electrons. The maximum Gasteiger partial charge on any atom is 0.143 e. The Hall–Kier alpha value is -2.87. The van der Waals surface area contributed by atoms with Crippen LogP contribution >= 0.6 is 18.6 Å². The van der Waals surface area contributed by atoms with Crippen LogP contribution in [0.1, 0.15) is 10.7 Å². The van der Waals surface area contributed by atoms with Crippen LogP contribution in [-0.2, 0) is 6.16 Å². The summed E-state index contributed by atoms with van der Waals surface area (Å²) in [6.07, 6.45) is 0.887. The van der Waals surface area contributed by atoms with Crippen molar-refractivity contribution in [2.75, 3.05) is 0 Å². The lowest BCUT2D eigenvalue weighted by atomic mass is 10.3. The molecule has 0 aliphatic heterocycles. The van der Waals surface area contributed by atoms with Crippen LogP contribution in [0.4, 0.5) is 0 Å². The third kappa shape index (κ3) is 3.45. The molecule has 0 atom stereocenters. The number of benzene rings is 3. The van der Waals surface area contributed by atoms with E-state index in [1.807, 2.05) is 6.92 Å². The molecule has 0 saturated heterocycles. The van der Waals surface area contributed by atoms with Crippen molar-refractivity contribution in [2.45, 2.75) is 13.1 Å². The van der Waals surface area contributed by atoms with Crippen molar-refractivity contribution in [3.63, 3.8) is 0 Å². The molecular weight excluding hydrogens is 403 g/mol. The molecule has 0 unspecified atom stereocenters. The molecule has 0 spiro atoms. The van der Waals surface area contributed by atoms with Gasteiger partial charge < -0.3 is 0 Å². The first-order valence-electron chi connectivity index (χ1n) is 10.0. The Balaban J connectivity index is 1.76. The van der Waals surface area contributed by atoms with Crippen LogP contribution in [0.2, 0.25) is 0 Å². The SMILES string of the molecule is Cc1nc2ccc(C[P+](c3ccccc3)(c3ccccc3)c3ccccc3)nc2s1. The monoisotopic (exact) mass is 425 g/mol. The van der Waals surface area contributed by atoms with Gasteiger partial charge in [-0.25, -0.2) is 9.97 Å².